The van der Waals surface area contributed by atoms with E-state index < -0.39 is 0 Å². The monoisotopic (exact) mass is 480 g/mol. The lowest BCUT2D eigenvalue weighted by Crippen LogP contribution is -2.39. The second-order valence-electron chi connectivity index (χ2n) is 10.3. The van der Waals surface area contributed by atoms with Crippen molar-refractivity contribution >= 4 is 15.9 Å². The number of halogens is 1. The fraction of sp³-hybridized carbons (Fsp3) is 0.355. The molecule has 0 radical (unpaired) electrons. The van der Waals surface area contributed by atoms with Crippen molar-refractivity contribution in [3.05, 3.63) is 118 Å². The Labute approximate surface area is 200 Å². The van der Waals surface area contributed by atoms with Gasteiger partial charge in [0.05, 0.1) is 0 Å². The van der Waals surface area contributed by atoms with Gasteiger partial charge in [-0.2, -0.15) is 0 Å². The molecule has 1 heteroatoms. The molecule has 0 aromatic carbocycles. The molecule has 0 N–H and O–H groups in total. The van der Waals surface area contributed by atoms with Crippen molar-refractivity contribution in [2.75, 3.05) is 0 Å². The van der Waals surface area contributed by atoms with E-state index in [-0.39, 0.29) is 5.41 Å². The Bertz CT molecular complexity index is 1170. The van der Waals surface area contributed by atoms with Gasteiger partial charge in [-0.05, 0) is 77.6 Å². The van der Waals surface area contributed by atoms with Crippen molar-refractivity contribution in [1.29, 1.82) is 0 Å². The van der Waals surface area contributed by atoms with E-state index in [0.717, 1.165) is 6.42 Å². The van der Waals surface area contributed by atoms with Crippen molar-refractivity contribution in [3.63, 3.8) is 0 Å². The molecule has 0 amide bonds. The van der Waals surface area contributed by atoms with Gasteiger partial charge in [-0.3, -0.25) is 0 Å². The summed E-state index contributed by atoms with van der Waals surface area (Å²) in [7, 11) is 0. The molecule has 32 heavy (non-hydrogen) atoms. The van der Waals surface area contributed by atoms with E-state index >= 15 is 0 Å². The quantitative estimate of drug-likeness (QED) is 0.355. The molecule has 7 atom stereocenters. The third kappa shape index (κ3) is 2.49. The Morgan fingerprint density at radius 1 is 0.688 bits per heavy atom. The minimum absolute atomic E-state index is 0.131. The largest absolute Gasteiger partial charge is 0.0836 e. The van der Waals surface area contributed by atoms with Gasteiger partial charge >= 0.3 is 0 Å². The first-order valence-corrected chi connectivity index (χ1v) is 13.2. The third-order valence-corrected chi connectivity index (χ3v) is 9.61. The first kappa shape index (κ1) is 19.4. The van der Waals surface area contributed by atoms with E-state index in [1.807, 2.05) is 0 Å². The number of allylic oxidation sites excluding steroid dienone is 20. The molecule has 0 bridgehead atoms. The van der Waals surface area contributed by atoms with Crippen LogP contribution in [0.4, 0.5) is 0 Å². The van der Waals surface area contributed by atoms with Crippen LogP contribution < -0.4 is 0 Å². The van der Waals surface area contributed by atoms with Crippen molar-refractivity contribution in [2.24, 2.45) is 40.9 Å². The molecular formula is C31H29Br. The summed E-state index contributed by atoms with van der Waals surface area (Å²) in [6.45, 7) is 0. The molecule has 7 aliphatic rings. The summed E-state index contributed by atoms with van der Waals surface area (Å²) >= 11 is 3.86. The molecule has 7 rings (SSSR count). The summed E-state index contributed by atoms with van der Waals surface area (Å²) in [6.07, 6.45) is 41.7. The fourth-order valence-electron chi connectivity index (χ4n) is 8.03. The summed E-state index contributed by atoms with van der Waals surface area (Å²) in [4.78, 5) is 0. The third-order valence-electron chi connectivity index (χ3n) is 9.08. The zero-order valence-corrected chi connectivity index (χ0v) is 19.9. The maximum atomic E-state index is 3.86. The molecule has 0 aromatic rings. The minimum atomic E-state index is 0.131. The van der Waals surface area contributed by atoms with Gasteiger partial charge < -0.3 is 0 Å². The number of hydrogen-bond acceptors (Lipinski definition) is 0. The van der Waals surface area contributed by atoms with Gasteiger partial charge in [0.15, 0.2) is 0 Å². The molecule has 0 heterocycles. The van der Waals surface area contributed by atoms with Crippen LogP contribution in [-0.2, 0) is 0 Å². The van der Waals surface area contributed by atoms with E-state index in [2.05, 4.69) is 107 Å². The Morgan fingerprint density at radius 2 is 1.47 bits per heavy atom. The normalized spacial score (nSPS) is 42.5. The topological polar surface area (TPSA) is 0 Å². The number of fused-ring (bicyclic) bond motifs is 10. The van der Waals surface area contributed by atoms with Crippen LogP contribution in [0.25, 0.3) is 0 Å². The molecule has 0 aliphatic heterocycles. The van der Waals surface area contributed by atoms with Crippen LogP contribution in [-0.4, -0.2) is 0 Å². The maximum absolute atomic E-state index is 3.86. The van der Waals surface area contributed by atoms with Crippen molar-refractivity contribution in [2.45, 2.75) is 25.7 Å². The molecular weight excluding hydrogens is 452 g/mol. The Hall–Kier alpha value is -2.12. The average Bonchev–Trinajstić information content (AvgIpc) is 3.31. The zero-order valence-electron chi connectivity index (χ0n) is 18.3. The highest BCUT2D eigenvalue weighted by Crippen LogP contribution is 2.73. The first-order chi connectivity index (χ1) is 15.8. The summed E-state index contributed by atoms with van der Waals surface area (Å²) in [5.74, 6) is 3.23. The second kappa shape index (κ2) is 7.19. The molecule has 0 nitrogen and oxygen atoms in total. The highest BCUT2D eigenvalue weighted by molar-refractivity contribution is 9.11. The molecule has 0 aromatic heterocycles. The number of hydrogen-bond donors (Lipinski definition) is 0. The van der Waals surface area contributed by atoms with Crippen molar-refractivity contribution < 1.29 is 0 Å². The molecule has 160 valence electrons. The Balaban J connectivity index is 1.47. The van der Waals surface area contributed by atoms with Gasteiger partial charge in [0.1, 0.15) is 0 Å². The summed E-state index contributed by atoms with van der Waals surface area (Å²) in [5, 5.41) is 0. The first-order valence-electron chi connectivity index (χ1n) is 12.4. The van der Waals surface area contributed by atoms with Gasteiger partial charge in [0.2, 0.25) is 0 Å². The predicted octanol–water partition coefficient (Wildman–Crippen LogP) is 8.09. The smallest absolute Gasteiger partial charge is 0.0162 e. The van der Waals surface area contributed by atoms with E-state index in [1.54, 1.807) is 11.1 Å². The summed E-state index contributed by atoms with van der Waals surface area (Å²) in [6, 6.07) is 0. The van der Waals surface area contributed by atoms with Gasteiger partial charge in [-0.25, -0.2) is 0 Å². The molecule has 1 spiro atoms. The van der Waals surface area contributed by atoms with Crippen LogP contribution in [0.3, 0.4) is 0 Å². The lowest BCUT2D eigenvalue weighted by molar-refractivity contribution is 0.171. The van der Waals surface area contributed by atoms with Gasteiger partial charge in [-0.15, -0.1) is 0 Å². The minimum Gasteiger partial charge on any atom is -0.0836 e. The van der Waals surface area contributed by atoms with Gasteiger partial charge in [0.25, 0.3) is 0 Å². The standard InChI is InChI=1S/C31H29Br/c32-22-15-17-26-25-16-14-21(20-8-2-1-3-9-20)18-29(25)31(30(26)19-22)27-12-6-4-10-23(27)24-11-5-7-13-28(24)31/h2,4,6,8-19,23,25-27,29-30H,1,3,5,7H2. The predicted molar refractivity (Wildman–Crippen MR) is 137 cm³/mol. The lowest BCUT2D eigenvalue weighted by atomic mass is 9.59. The van der Waals surface area contributed by atoms with E-state index in [4.69, 9.17) is 0 Å². The zero-order chi connectivity index (χ0) is 21.3. The molecule has 2 saturated carbocycles. The van der Waals surface area contributed by atoms with Crippen LogP contribution in [0.1, 0.15) is 25.7 Å². The highest BCUT2D eigenvalue weighted by atomic mass is 79.9. The van der Waals surface area contributed by atoms with Crippen LogP contribution in [0.2, 0.25) is 0 Å². The van der Waals surface area contributed by atoms with E-state index in [1.165, 1.54) is 34.9 Å². The molecule has 2 fully saturated rings. The maximum Gasteiger partial charge on any atom is 0.0162 e. The summed E-state index contributed by atoms with van der Waals surface area (Å²) < 4.78 is 1.25. The van der Waals surface area contributed by atoms with Crippen LogP contribution in [0.15, 0.2) is 118 Å². The Morgan fingerprint density at radius 3 is 2.34 bits per heavy atom. The van der Waals surface area contributed by atoms with Crippen molar-refractivity contribution in [3.8, 4) is 0 Å². The number of rotatable bonds is 1. The van der Waals surface area contributed by atoms with Crippen molar-refractivity contribution in [1.82, 2.24) is 0 Å². The molecule has 7 unspecified atom stereocenters. The van der Waals surface area contributed by atoms with Gasteiger partial charge in [0, 0.05) is 15.8 Å². The second-order valence-corrected chi connectivity index (χ2v) is 11.3. The van der Waals surface area contributed by atoms with Crippen LogP contribution >= 0.6 is 15.9 Å². The molecule has 7 aliphatic carbocycles. The SMILES string of the molecule is BrC1=CC2C(C=C1)C1C=CC(C3=CCCC=C3)=CC1C21C2=CCCC=C2C2C=CC=CC21. The average molecular weight is 481 g/mol. The molecule has 0 saturated heterocycles. The lowest BCUT2D eigenvalue weighted by Gasteiger charge is -2.44. The Kier molecular flexibility index (Phi) is 4.35. The van der Waals surface area contributed by atoms with Crippen LogP contribution in [0, 0.1) is 40.9 Å². The van der Waals surface area contributed by atoms with Crippen LogP contribution in [0.5, 0.6) is 0 Å². The highest BCUT2D eigenvalue weighted by Gasteiger charge is 2.67. The van der Waals surface area contributed by atoms with Gasteiger partial charge in [-0.1, -0.05) is 107 Å². The van der Waals surface area contributed by atoms with E-state index in [0.29, 0.717) is 35.5 Å². The van der Waals surface area contributed by atoms with E-state index in [9.17, 15) is 0 Å². The fourth-order valence-corrected chi connectivity index (χ4v) is 8.46. The summed E-state index contributed by atoms with van der Waals surface area (Å²) in [5.41, 5.74) is 6.29.